The van der Waals surface area contributed by atoms with E-state index in [1.807, 2.05) is 19.2 Å². The van der Waals surface area contributed by atoms with Crippen LogP contribution >= 0.6 is 11.3 Å². The Balaban J connectivity index is 1.35. The molecule has 3 N–H and O–H groups in total. The third kappa shape index (κ3) is 7.65. The van der Waals surface area contributed by atoms with Crippen LogP contribution in [0.2, 0.25) is 0 Å². The molecule has 3 aromatic rings. The van der Waals surface area contributed by atoms with Crippen molar-refractivity contribution in [3.8, 4) is 10.6 Å². The largest absolute Gasteiger partial charge is 0.377 e. The average molecular weight is 497 g/mol. The van der Waals surface area contributed by atoms with Crippen LogP contribution in [0.5, 0.6) is 0 Å². The molecule has 188 valence electrons. The van der Waals surface area contributed by atoms with E-state index in [2.05, 4.69) is 49.7 Å². The Morgan fingerprint density at radius 3 is 2.66 bits per heavy atom. The zero-order chi connectivity index (χ0) is 24.5. The van der Waals surface area contributed by atoms with Crippen molar-refractivity contribution in [1.29, 1.82) is 0 Å². The fourth-order valence-corrected chi connectivity index (χ4v) is 4.95. The number of aromatic nitrogens is 5. The van der Waals surface area contributed by atoms with Crippen LogP contribution in [-0.2, 0) is 11.3 Å². The lowest BCUT2D eigenvalue weighted by Gasteiger charge is -2.17. The van der Waals surface area contributed by atoms with Gasteiger partial charge in [-0.15, -0.1) is 0 Å². The predicted octanol–water partition coefficient (Wildman–Crippen LogP) is 5.09. The van der Waals surface area contributed by atoms with Crippen molar-refractivity contribution in [1.82, 2.24) is 30.2 Å². The third-order valence-electron chi connectivity index (χ3n) is 5.86. The molecule has 1 atom stereocenters. The second kappa shape index (κ2) is 12.9. The Morgan fingerprint density at radius 2 is 1.94 bits per heavy atom. The minimum absolute atomic E-state index is 0.322. The average Bonchev–Trinajstić information content (AvgIpc) is 3.53. The Kier molecular flexibility index (Phi) is 9.33. The van der Waals surface area contributed by atoms with Gasteiger partial charge in [0, 0.05) is 37.6 Å². The molecule has 35 heavy (non-hydrogen) atoms. The van der Waals surface area contributed by atoms with E-state index in [4.69, 9.17) is 9.72 Å². The first kappa shape index (κ1) is 25.4. The Morgan fingerprint density at radius 1 is 1.09 bits per heavy atom. The maximum Gasteiger partial charge on any atom is 0.223 e. The standard InChI is InChI=1S/C25H36N8OS/c1-4-7-18(8-5-2)31-24-30-17(3)11-21(32-24)22-15-29-25(35-22)33-23-16-27-19(13-28-23)12-26-14-20-9-6-10-34-20/h11,13,15-16,18,20,26H,4-10,12,14H2,1-3H3,(H,28,29,33)(H,30,31,32). The normalized spacial score (nSPS) is 15.6. The summed E-state index contributed by atoms with van der Waals surface area (Å²) in [5.41, 5.74) is 2.70. The van der Waals surface area contributed by atoms with Crippen molar-refractivity contribution in [2.75, 3.05) is 23.8 Å². The zero-order valence-corrected chi connectivity index (χ0v) is 21.7. The molecule has 4 heterocycles. The molecule has 1 aliphatic rings. The second-order valence-electron chi connectivity index (χ2n) is 8.95. The molecular formula is C25H36N8OS. The van der Waals surface area contributed by atoms with Gasteiger partial charge in [-0.1, -0.05) is 38.0 Å². The molecule has 1 fully saturated rings. The Bertz CT molecular complexity index is 1050. The maximum absolute atomic E-state index is 5.63. The van der Waals surface area contributed by atoms with E-state index >= 15 is 0 Å². The van der Waals surface area contributed by atoms with Gasteiger partial charge in [-0.25, -0.2) is 19.9 Å². The molecule has 0 aromatic carbocycles. The molecule has 4 rings (SSSR count). The molecular weight excluding hydrogens is 460 g/mol. The first-order chi connectivity index (χ1) is 17.1. The minimum Gasteiger partial charge on any atom is -0.377 e. The fraction of sp³-hybridized carbons (Fsp3) is 0.560. The van der Waals surface area contributed by atoms with Gasteiger partial charge < -0.3 is 20.7 Å². The predicted molar refractivity (Wildman–Crippen MR) is 141 cm³/mol. The first-order valence-electron chi connectivity index (χ1n) is 12.6. The van der Waals surface area contributed by atoms with Crippen LogP contribution in [-0.4, -0.2) is 50.2 Å². The van der Waals surface area contributed by atoms with Gasteiger partial charge in [-0.3, -0.25) is 4.98 Å². The molecule has 9 nitrogen and oxygen atoms in total. The van der Waals surface area contributed by atoms with Crippen LogP contribution in [0.3, 0.4) is 0 Å². The summed E-state index contributed by atoms with van der Waals surface area (Å²) in [6, 6.07) is 2.39. The molecule has 1 aliphatic heterocycles. The molecule has 3 aromatic heterocycles. The molecule has 1 unspecified atom stereocenters. The van der Waals surface area contributed by atoms with Crippen LogP contribution in [0.1, 0.15) is 63.8 Å². The third-order valence-corrected chi connectivity index (χ3v) is 6.80. The highest BCUT2D eigenvalue weighted by atomic mass is 32.1. The summed E-state index contributed by atoms with van der Waals surface area (Å²) >= 11 is 1.54. The van der Waals surface area contributed by atoms with Crippen LogP contribution in [0, 0.1) is 6.92 Å². The summed E-state index contributed by atoms with van der Waals surface area (Å²) in [6.45, 7) is 8.81. The van der Waals surface area contributed by atoms with Gasteiger partial charge in [0.15, 0.2) is 10.9 Å². The maximum atomic E-state index is 5.63. The van der Waals surface area contributed by atoms with Crippen molar-refractivity contribution < 1.29 is 4.74 Å². The van der Waals surface area contributed by atoms with Crippen LogP contribution in [0.25, 0.3) is 10.6 Å². The summed E-state index contributed by atoms with van der Waals surface area (Å²) in [4.78, 5) is 23.9. The Labute approximate surface area is 211 Å². The van der Waals surface area contributed by atoms with E-state index in [9.17, 15) is 0 Å². The molecule has 0 radical (unpaired) electrons. The number of anilines is 3. The molecule has 0 amide bonds. The summed E-state index contributed by atoms with van der Waals surface area (Å²) in [6.07, 6.45) is 12.5. The van der Waals surface area contributed by atoms with E-state index in [1.54, 1.807) is 12.4 Å². The SMILES string of the molecule is CCCC(CCC)Nc1nc(C)cc(-c2cnc(Nc3cnc(CNCC4CCCO4)cn3)s2)n1. The van der Waals surface area contributed by atoms with Gasteiger partial charge in [0.2, 0.25) is 5.95 Å². The quantitative estimate of drug-likeness (QED) is 0.298. The summed E-state index contributed by atoms with van der Waals surface area (Å²) in [5.74, 6) is 1.35. The monoisotopic (exact) mass is 496 g/mol. The summed E-state index contributed by atoms with van der Waals surface area (Å²) < 4.78 is 5.63. The van der Waals surface area contributed by atoms with Crippen LogP contribution in [0.4, 0.5) is 16.9 Å². The van der Waals surface area contributed by atoms with Crippen molar-refractivity contribution in [3.05, 3.63) is 36.0 Å². The molecule has 0 aliphatic carbocycles. The van der Waals surface area contributed by atoms with Crippen molar-refractivity contribution >= 4 is 28.2 Å². The number of aryl methyl sites for hydroxylation is 1. The molecule has 0 saturated carbocycles. The van der Waals surface area contributed by atoms with E-state index < -0.39 is 0 Å². The van der Waals surface area contributed by atoms with Gasteiger partial charge >= 0.3 is 0 Å². The smallest absolute Gasteiger partial charge is 0.223 e. The lowest BCUT2D eigenvalue weighted by molar-refractivity contribution is 0.110. The highest BCUT2D eigenvalue weighted by molar-refractivity contribution is 7.18. The fourth-order valence-electron chi connectivity index (χ4n) is 4.16. The van der Waals surface area contributed by atoms with Crippen molar-refractivity contribution in [2.45, 2.75) is 78.0 Å². The van der Waals surface area contributed by atoms with Crippen molar-refractivity contribution in [3.63, 3.8) is 0 Å². The minimum atomic E-state index is 0.322. The van der Waals surface area contributed by atoms with Gasteiger partial charge in [0.25, 0.3) is 0 Å². The molecule has 0 bridgehead atoms. The van der Waals surface area contributed by atoms with Crippen molar-refractivity contribution in [2.24, 2.45) is 0 Å². The number of rotatable bonds is 13. The number of ether oxygens (including phenoxy) is 1. The van der Waals surface area contributed by atoms with E-state index in [1.165, 1.54) is 11.3 Å². The van der Waals surface area contributed by atoms with Gasteiger partial charge in [0.05, 0.1) is 34.8 Å². The van der Waals surface area contributed by atoms with Gasteiger partial charge in [-0.2, -0.15) is 0 Å². The van der Waals surface area contributed by atoms with E-state index in [0.717, 1.165) is 78.8 Å². The topological polar surface area (TPSA) is 110 Å². The molecule has 0 spiro atoms. The number of thiazole rings is 1. The number of nitrogens with one attached hydrogen (secondary N) is 3. The highest BCUT2D eigenvalue weighted by Crippen LogP contribution is 2.30. The zero-order valence-electron chi connectivity index (χ0n) is 20.9. The molecule has 1 saturated heterocycles. The Hall–Kier alpha value is -2.69. The summed E-state index contributed by atoms with van der Waals surface area (Å²) in [5, 5.41) is 10.9. The number of nitrogens with zero attached hydrogens (tertiary/aromatic N) is 5. The number of hydrogen-bond donors (Lipinski definition) is 3. The van der Waals surface area contributed by atoms with Gasteiger partial charge in [-0.05, 0) is 38.7 Å². The first-order valence-corrected chi connectivity index (χ1v) is 13.4. The second-order valence-corrected chi connectivity index (χ2v) is 9.98. The van der Waals surface area contributed by atoms with Crippen LogP contribution in [0.15, 0.2) is 24.7 Å². The lowest BCUT2D eigenvalue weighted by atomic mass is 10.1. The van der Waals surface area contributed by atoms with Gasteiger partial charge in [0.1, 0.15) is 0 Å². The van der Waals surface area contributed by atoms with E-state index in [0.29, 0.717) is 30.5 Å². The lowest BCUT2D eigenvalue weighted by Crippen LogP contribution is -2.26. The molecule has 10 heteroatoms. The summed E-state index contributed by atoms with van der Waals surface area (Å²) in [7, 11) is 0. The van der Waals surface area contributed by atoms with E-state index in [-0.39, 0.29) is 0 Å². The highest BCUT2D eigenvalue weighted by Gasteiger charge is 2.15. The van der Waals surface area contributed by atoms with Crippen LogP contribution < -0.4 is 16.0 Å². The number of hydrogen-bond acceptors (Lipinski definition) is 10.